The van der Waals surface area contributed by atoms with E-state index in [4.69, 9.17) is 0 Å². The molecule has 0 aromatic heterocycles. The molecular weight excluding hydrogens is 360 g/mol. The number of carbonyl (C=O) groups is 1. The van der Waals surface area contributed by atoms with Crippen molar-refractivity contribution in [3.05, 3.63) is 0 Å². The summed E-state index contributed by atoms with van der Waals surface area (Å²) in [6.45, 7) is 4.56. The van der Waals surface area contributed by atoms with E-state index in [1.165, 1.54) is 128 Å². The summed E-state index contributed by atoms with van der Waals surface area (Å²) in [6, 6.07) is 0. The van der Waals surface area contributed by atoms with E-state index in [9.17, 15) is 4.79 Å². The summed E-state index contributed by atoms with van der Waals surface area (Å²) in [5.74, 6) is 1.05. The molecule has 0 spiro atoms. The molecule has 0 atom stereocenters. The predicted octanol–water partition coefficient (Wildman–Crippen LogP) is 9.87. The lowest BCUT2D eigenvalue weighted by atomic mass is 10.1. The quantitative estimate of drug-likeness (QED) is 0.155. The van der Waals surface area contributed by atoms with Crippen LogP contribution in [0.1, 0.15) is 155 Å². The van der Waals surface area contributed by atoms with Crippen LogP contribution in [-0.4, -0.2) is 10.9 Å². The molecule has 0 saturated carbocycles. The lowest BCUT2D eigenvalue weighted by Gasteiger charge is -2.04. The second kappa shape index (κ2) is 25.1. The largest absolute Gasteiger partial charge is 0.287 e. The van der Waals surface area contributed by atoms with Crippen LogP contribution < -0.4 is 0 Å². The molecule has 0 aliphatic carbocycles. The summed E-state index contributed by atoms with van der Waals surface area (Å²) in [5, 5.41) is 0.436. The number of thioether (sulfide) groups is 1. The molecule has 0 bridgehead atoms. The number of unbranched alkanes of at least 4 members (excludes halogenated alkanes) is 19. The zero-order chi connectivity index (χ0) is 20.5. The Morgan fingerprint density at radius 2 is 0.786 bits per heavy atom. The van der Waals surface area contributed by atoms with Gasteiger partial charge in [0.05, 0.1) is 0 Å². The average Bonchev–Trinajstić information content (AvgIpc) is 2.70. The van der Waals surface area contributed by atoms with Crippen LogP contribution in [0.5, 0.6) is 0 Å². The van der Waals surface area contributed by atoms with E-state index >= 15 is 0 Å². The molecule has 0 aromatic rings. The Morgan fingerprint density at radius 1 is 0.464 bits per heavy atom. The van der Waals surface area contributed by atoms with E-state index in [0.29, 0.717) is 5.12 Å². The molecule has 28 heavy (non-hydrogen) atoms. The van der Waals surface area contributed by atoms with Crippen molar-refractivity contribution < 1.29 is 4.79 Å². The predicted molar refractivity (Wildman–Crippen MR) is 130 cm³/mol. The summed E-state index contributed by atoms with van der Waals surface area (Å²) in [4.78, 5) is 11.9. The van der Waals surface area contributed by atoms with Crippen molar-refractivity contribution in [2.75, 3.05) is 5.75 Å². The van der Waals surface area contributed by atoms with Gasteiger partial charge in [0, 0.05) is 12.2 Å². The van der Waals surface area contributed by atoms with Gasteiger partial charge in [-0.05, 0) is 12.8 Å². The van der Waals surface area contributed by atoms with Gasteiger partial charge in [0.15, 0.2) is 5.12 Å². The van der Waals surface area contributed by atoms with Crippen LogP contribution in [0.4, 0.5) is 0 Å². The highest BCUT2D eigenvalue weighted by atomic mass is 32.2. The third kappa shape index (κ3) is 24.1. The minimum Gasteiger partial charge on any atom is -0.287 e. The monoisotopic (exact) mass is 412 g/mol. The molecule has 0 aliphatic heterocycles. The Labute approximate surface area is 182 Å². The topological polar surface area (TPSA) is 17.1 Å². The summed E-state index contributed by atoms with van der Waals surface area (Å²) in [7, 11) is 0. The highest BCUT2D eigenvalue weighted by Crippen LogP contribution is 2.16. The van der Waals surface area contributed by atoms with Gasteiger partial charge in [-0.1, -0.05) is 148 Å². The molecule has 0 aromatic carbocycles. The lowest BCUT2D eigenvalue weighted by Crippen LogP contribution is -1.94. The van der Waals surface area contributed by atoms with Gasteiger partial charge in [-0.15, -0.1) is 0 Å². The van der Waals surface area contributed by atoms with Crippen molar-refractivity contribution >= 4 is 16.9 Å². The lowest BCUT2D eigenvalue weighted by molar-refractivity contribution is -0.111. The SMILES string of the molecule is CCCCCCCCCCCCCCSC(=O)CCCCCCCCCCC. The first-order chi connectivity index (χ1) is 13.8. The number of carbonyl (C=O) groups excluding carboxylic acids is 1. The van der Waals surface area contributed by atoms with Gasteiger partial charge in [-0.25, -0.2) is 0 Å². The Morgan fingerprint density at radius 3 is 1.18 bits per heavy atom. The minimum atomic E-state index is 0.436. The second-order valence-corrected chi connectivity index (χ2v) is 9.84. The summed E-state index contributed by atoms with van der Waals surface area (Å²) >= 11 is 1.60. The van der Waals surface area contributed by atoms with Crippen LogP contribution in [0.25, 0.3) is 0 Å². The molecular formula is C26H52OS. The zero-order valence-electron chi connectivity index (χ0n) is 19.6. The Balaban J connectivity index is 3.13. The fourth-order valence-corrected chi connectivity index (χ4v) is 4.65. The minimum absolute atomic E-state index is 0.436. The molecule has 1 nitrogen and oxygen atoms in total. The van der Waals surface area contributed by atoms with Crippen molar-refractivity contribution in [2.24, 2.45) is 0 Å². The Bertz CT molecular complexity index is 303. The molecule has 0 fully saturated rings. The molecule has 168 valence electrons. The van der Waals surface area contributed by atoms with Gasteiger partial charge in [-0.2, -0.15) is 0 Å². The normalized spacial score (nSPS) is 11.2. The van der Waals surface area contributed by atoms with Crippen LogP contribution in [0.15, 0.2) is 0 Å². The summed E-state index contributed by atoms with van der Waals surface area (Å²) < 4.78 is 0. The first-order valence-electron chi connectivity index (χ1n) is 13.0. The van der Waals surface area contributed by atoms with Crippen molar-refractivity contribution in [2.45, 2.75) is 155 Å². The van der Waals surface area contributed by atoms with Gasteiger partial charge in [0.25, 0.3) is 0 Å². The first kappa shape index (κ1) is 28.0. The van der Waals surface area contributed by atoms with E-state index < -0.39 is 0 Å². The third-order valence-corrected chi connectivity index (χ3v) is 6.76. The Kier molecular flexibility index (Phi) is 25.1. The molecule has 2 heteroatoms. The summed E-state index contributed by atoms with van der Waals surface area (Å²) in [5.41, 5.74) is 0. The first-order valence-corrected chi connectivity index (χ1v) is 14.0. The smallest absolute Gasteiger partial charge is 0.188 e. The van der Waals surface area contributed by atoms with E-state index in [2.05, 4.69) is 13.8 Å². The maximum Gasteiger partial charge on any atom is 0.188 e. The fourth-order valence-electron chi connectivity index (χ4n) is 3.78. The molecule has 0 heterocycles. The Hall–Kier alpha value is 0.0200. The van der Waals surface area contributed by atoms with E-state index in [0.717, 1.165) is 18.6 Å². The van der Waals surface area contributed by atoms with Crippen molar-refractivity contribution in [1.29, 1.82) is 0 Å². The maximum atomic E-state index is 11.9. The number of hydrogen-bond donors (Lipinski definition) is 0. The highest BCUT2D eigenvalue weighted by molar-refractivity contribution is 8.13. The van der Waals surface area contributed by atoms with Gasteiger partial charge in [-0.3, -0.25) is 4.79 Å². The van der Waals surface area contributed by atoms with E-state index in [1.54, 1.807) is 11.8 Å². The zero-order valence-corrected chi connectivity index (χ0v) is 20.4. The van der Waals surface area contributed by atoms with Crippen molar-refractivity contribution in [3.8, 4) is 0 Å². The summed E-state index contributed by atoms with van der Waals surface area (Å²) in [6.07, 6.45) is 29.4. The van der Waals surface area contributed by atoms with Crippen LogP contribution in [0, 0.1) is 0 Å². The van der Waals surface area contributed by atoms with Gasteiger partial charge in [0.2, 0.25) is 0 Å². The molecule has 0 rings (SSSR count). The van der Waals surface area contributed by atoms with Gasteiger partial charge >= 0.3 is 0 Å². The molecule has 0 N–H and O–H groups in total. The van der Waals surface area contributed by atoms with Gasteiger partial charge in [0.1, 0.15) is 0 Å². The average molecular weight is 413 g/mol. The highest BCUT2D eigenvalue weighted by Gasteiger charge is 2.02. The molecule has 0 saturated heterocycles. The van der Waals surface area contributed by atoms with E-state index in [-0.39, 0.29) is 0 Å². The maximum absolute atomic E-state index is 11.9. The van der Waals surface area contributed by atoms with Crippen LogP contribution in [-0.2, 0) is 4.79 Å². The van der Waals surface area contributed by atoms with E-state index in [1.807, 2.05) is 0 Å². The van der Waals surface area contributed by atoms with Gasteiger partial charge < -0.3 is 0 Å². The molecule has 0 amide bonds. The third-order valence-electron chi connectivity index (χ3n) is 5.75. The van der Waals surface area contributed by atoms with Crippen LogP contribution in [0.2, 0.25) is 0 Å². The van der Waals surface area contributed by atoms with Crippen molar-refractivity contribution in [3.63, 3.8) is 0 Å². The number of hydrogen-bond acceptors (Lipinski definition) is 2. The standard InChI is InChI=1S/C26H52OS/c1-3-5-7-9-11-13-14-15-17-19-21-23-25-28-26(27)24-22-20-18-16-12-10-8-6-4-2/h3-25H2,1-2H3. The second-order valence-electron chi connectivity index (χ2n) is 8.69. The molecule has 0 unspecified atom stereocenters. The van der Waals surface area contributed by atoms with Crippen LogP contribution in [0.3, 0.4) is 0 Å². The number of rotatable bonds is 23. The molecule has 0 aliphatic rings. The fraction of sp³-hybridized carbons (Fsp3) is 0.962. The van der Waals surface area contributed by atoms with Crippen molar-refractivity contribution in [1.82, 2.24) is 0 Å². The molecule has 0 radical (unpaired) electrons. The van der Waals surface area contributed by atoms with Crippen LogP contribution >= 0.6 is 11.8 Å².